The summed E-state index contributed by atoms with van der Waals surface area (Å²) >= 11 is 0. The number of piperidine rings is 1. The average Bonchev–Trinajstić information content (AvgIpc) is 2.47. The maximum atomic E-state index is 2.69. The van der Waals surface area contributed by atoms with E-state index < -0.39 is 0 Å². The minimum Gasteiger partial charge on any atom is -0.303 e. The van der Waals surface area contributed by atoms with Crippen LogP contribution in [0.15, 0.2) is 24.3 Å². The van der Waals surface area contributed by atoms with Crippen LogP contribution in [0.25, 0.3) is 0 Å². The highest BCUT2D eigenvalue weighted by Crippen LogP contribution is 2.25. The molecule has 1 saturated heterocycles. The van der Waals surface area contributed by atoms with Crippen molar-refractivity contribution in [2.24, 2.45) is 17.8 Å². The monoisotopic (exact) mass is 287 g/mol. The summed E-state index contributed by atoms with van der Waals surface area (Å²) in [5.74, 6) is 2.58. The van der Waals surface area contributed by atoms with Crippen molar-refractivity contribution < 1.29 is 0 Å². The van der Waals surface area contributed by atoms with Crippen molar-refractivity contribution in [3.05, 3.63) is 35.4 Å². The average molecular weight is 287 g/mol. The molecule has 1 aromatic carbocycles. The summed E-state index contributed by atoms with van der Waals surface area (Å²) in [6.45, 7) is 13.3. The maximum absolute atomic E-state index is 2.69. The van der Waals surface area contributed by atoms with E-state index in [-0.39, 0.29) is 0 Å². The van der Waals surface area contributed by atoms with Gasteiger partial charge in [-0.25, -0.2) is 0 Å². The second-order valence-corrected chi connectivity index (χ2v) is 7.36. The van der Waals surface area contributed by atoms with Gasteiger partial charge in [-0.1, -0.05) is 52.0 Å². The third-order valence-corrected chi connectivity index (χ3v) is 5.13. The third kappa shape index (κ3) is 5.14. The van der Waals surface area contributed by atoms with E-state index in [2.05, 4.69) is 56.9 Å². The Balaban J connectivity index is 1.78. The Morgan fingerprint density at radius 1 is 1.10 bits per heavy atom. The molecule has 1 nitrogen and oxygen atoms in total. The summed E-state index contributed by atoms with van der Waals surface area (Å²) in [6.07, 6.45) is 5.16. The molecular formula is C20H33N. The Morgan fingerprint density at radius 3 is 2.38 bits per heavy atom. The fraction of sp³-hybridized carbons (Fsp3) is 0.700. The quantitative estimate of drug-likeness (QED) is 0.726. The molecule has 0 spiro atoms. The van der Waals surface area contributed by atoms with Gasteiger partial charge < -0.3 is 4.90 Å². The van der Waals surface area contributed by atoms with Gasteiger partial charge in [0.05, 0.1) is 0 Å². The summed E-state index contributed by atoms with van der Waals surface area (Å²) in [5, 5.41) is 0. The lowest BCUT2D eigenvalue weighted by Gasteiger charge is -2.35. The summed E-state index contributed by atoms with van der Waals surface area (Å²) in [5.41, 5.74) is 2.98. The molecule has 118 valence electrons. The molecular weight excluding hydrogens is 254 g/mol. The van der Waals surface area contributed by atoms with Gasteiger partial charge >= 0.3 is 0 Å². The summed E-state index contributed by atoms with van der Waals surface area (Å²) in [7, 11) is 0. The minimum atomic E-state index is 0.757. The molecule has 0 bridgehead atoms. The molecule has 1 aromatic rings. The summed E-state index contributed by atoms with van der Waals surface area (Å²) in [4.78, 5) is 2.69. The van der Waals surface area contributed by atoms with E-state index >= 15 is 0 Å². The Kier molecular flexibility index (Phi) is 6.29. The molecule has 1 atom stereocenters. The smallest absolute Gasteiger partial charge is 0.00102 e. The lowest BCUT2D eigenvalue weighted by atomic mass is 9.86. The van der Waals surface area contributed by atoms with Gasteiger partial charge in [-0.05, 0) is 67.7 Å². The number of hydrogen-bond donors (Lipinski definition) is 0. The van der Waals surface area contributed by atoms with Crippen molar-refractivity contribution in [2.45, 2.75) is 53.4 Å². The van der Waals surface area contributed by atoms with E-state index in [0.717, 1.165) is 24.2 Å². The molecule has 1 heterocycles. The van der Waals surface area contributed by atoms with Gasteiger partial charge in [0, 0.05) is 6.54 Å². The zero-order chi connectivity index (χ0) is 15.2. The molecule has 0 aromatic heterocycles. The van der Waals surface area contributed by atoms with Crippen LogP contribution in [-0.2, 0) is 12.8 Å². The van der Waals surface area contributed by atoms with Crippen LogP contribution in [0.3, 0.4) is 0 Å². The molecule has 0 radical (unpaired) electrons. The molecule has 0 aliphatic carbocycles. The SMILES string of the molecule is CCc1cccc(CC(C)CN2CCC(C(C)C)CC2)c1. The number of nitrogens with zero attached hydrogens (tertiary/aromatic N) is 1. The topological polar surface area (TPSA) is 3.24 Å². The predicted octanol–water partition coefficient (Wildman–Crippen LogP) is 4.80. The first-order valence-electron chi connectivity index (χ1n) is 8.88. The van der Waals surface area contributed by atoms with Crippen LogP contribution in [0.4, 0.5) is 0 Å². The Hall–Kier alpha value is -0.820. The van der Waals surface area contributed by atoms with E-state index in [1.807, 2.05) is 0 Å². The van der Waals surface area contributed by atoms with Crippen molar-refractivity contribution in [1.82, 2.24) is 4.90 Å². The van der Waals surface area contributed by atoms with Crippen LogP contribution < -0.4 is 0 Å². The van der Waals surface area contributed by atoms with Gasteiger partial charge in [-0.3, -0.25) is 0 Å². The molecule has 1 aliphatic rings. The van der Waals surface area contributed by atoms with Crippen LogP contribution in [0.1, 0.15) is 51.7 Å². The number of benzene rings is 1. The van der Waals surface area contributed by atoms with E-state index in [4.69, 9.17) is 0 Å². The van der Waals surface area contributed by atoms with Crippen molar-refractivity contribution in [2.75, 3.05) is 19.6 Å². The van der Waals surface area contributed by atoms with Crippen LogP contribution >= 0.6 is 0 Å². The zero-order valence-electron chi connectivity index (χ0n) is 14.4. The van der Waals surface area contributed by atoms with Crippen LogP contribution in [0, 0.1) is 17.8 Å². The van der Waals surface area contributed by atoms with Gasteiger partial charge in [-0.15, -0.1) is 0 Å². The molecule has 21 heavy (non-hydrogen) atoms. The van der Waals surface area contributed by atoms with Gasteiger partial charge in [0.25, 0.3) is 0 Å². The Morgan fingerprint density at radius 2 is 1.76 bits per heavy atom. The molecule has 0 N–H and O–H groups in total. The zero-order valence-corrected chi connectivity index (χ0v) is 14.4. The molecule has 1 unspecified atom stereocenters. The Bertz CT molecular complexity index is 416. The highest BCUT2D eigenvalue weighted by Gasteiger charge is 2.22. The summed E-state index contributed by atoms with van der Waals surface area (Å²) < 4.78 is 0. The highest BCUT2D eigenvalue weighted by atomic mass is 15.1. The van der Waals surface area contributed by atoms with E-state index in [1.165, 1.54) is 50.0 Å². The van der Waals surface area contributed by atoms with Gasteiger partial charge in [0.1, 0.15) is 0 Å². The van der Waals surface area contributed by atoms with Crippen molar-refractivity contribution in [3.63, 3.8) is 0 Å². The van der Waals surface area contributed by atoms with Crippen LogP contribution in [0.2, 0.25) is 0 Å². The van der Waals surface area contributed by atoms with Crippen molar-refractivity contribution >= 4 is 0 Å². The summed E-state index contributed by atoms with van der Waals surface area (Å²) in [6, 6.07) is 9.14. The second kappa shape index (κ2) is 7.98. The molecule has 0 saturated carbocycles. The minimum absolute atomic E-state index is 0.757. The molecule has 0 amide bonds. The lowest BCUT2D eigenvalue weighted by Crippen LogP contribution is -2.38. The van der Waals surface area contributed by atoms with E-state index in [1.54, 1.807) is 0 Å². The van der Waals surface area contributed by atoms with Gasteiger partial charge in [0.2, 0.25) is 0 Å². The largest absolute Gasteiger partial charge is 0.303 e. The first-order valence-corrected chi connectivity index (χ1v) is 8.88. The van der Waals surface area contributed by atoms with Gasteiger partial charge in [0.15, 0.2) is 0 Å². The Labute approximate surface area is 131 Å². The number of hydrogen-bond acceptors (Lipinski definition) is 1. The normalized spacial score (nSPS) is 19.1. The molecule has 1 heteroatoms. The fourth-order valence-corrected chi connectivity index (χ4v) is 3.69. The van der Waals surface area contributed by atoms with Crippen LogP contribution in [0.5, 0.6) is 0 Å². The molecule has 1 aliphatic heterocycles. The first-order chi connectivity index (χ1) is 10.1. The van der Waals surface area contributed by atoms with E-state index in [9.17, 15) is 0 Å². The predicted molar refractivity (Wildman–Crippen MR) is 92.7 cm³/mol. The molecule has 2 rings (SSSR count). The fourth-order valence-electron chi connectivity index (χ4n) is 3.69. The van der Waals surface area contributed by atoms with Crippen molar-refractivity contribution in [3.8, 4) is 0 Å². The van der Waals surface area contributed by atoms with E-state index in [0.29, 0.717) is 0 Å². The first kappa shape index (κ1) is 16.5. The van der Waals surface area contributed by atoms with Gasteiger partial charge in [-0.2, -0.15) is 0 Å². The third-order valence-electron chi connectivity index (χ3n) is 5.13. The van der Waals surface area contributed by atoms with Crippen molar-refractivity contribution in [1.29, 1.82) is 0 Å². The highest BCUT2D eigenvalue weighted by molar-refractivity contribution is 5.23. The standard InChI is InChI=1S/C20H33N/c1-5-18-7-6-8-19(14-18)13-17(4)15-21-11-9-20(10-12-21)16(2)3/h6-8,14,16-17,20H,5,9-13,15H2,1-4H3. The number of aryl methyl sites for hydroxylation is 1. The lowest BCUT2D eigenvalue weighted by molar-refractivity contribution is 0.142. The molecule has 1 fully saturated rings. The van der Waals surface area contributed by atoms with Crippen LogP contribution in [-0.4, -0.2) is 24.5 Å². The maximum Gasteiger partial charge on any atom is 0.00102 e. The number of likely N-dealkylation sites (tertiary alicyclic amines) is 1. The number of rotatable bonds is 6. The second-order valence-electron chi connectivity index (χ2n) is 7.36.